The zero-order valence-electron chi connectivity index (χ0n) is 19.0. The number of rotatable bonds is 11. The van der Waals surface area contributed by atoms with E-state index in [0.29, 0.717) is 28.8 Å². The molecule has 0 unspecified atom stereocenters. The number of carbonyl (C=O) groups is 1. The van der Waals surface area contributed by atoms with Crippen LogP contribution in [0.25, 0.3) is 0 Å². The fourth-order valence-corrected chi connectivity index (χ4v) is 5.49. The van der Waals surface area contributed by atoms with Crippen molar-refractivity contribution >= 4 is 45.0 Å². The summed E-state index contributed by atoms with van der Waals surface area (Å²) in [6.07, 6.45) is 0. The first-order valence-electron chi connectivity index (χ1n) is 10.6. The van der Waals surface area contributed by atoms with Crippen LogP contribution < -0.4 is 14.4 Å². The molecule has 9 heteroatoms. The maximum atomic E-state index is 13.4. The van der Waals surface area contributed by atoms with Crippen molar-refractivity contribution in [1.82, 2.24) is 5.32 Å². The monoisotopic (exact) mass is 518 g/mol. The first kappa shape index (κ1) is 25.9. The van der Waals surface area contributed by atoms with Crippen LogP contribution in [-0.2, 0) is 20.6 Å². The lowest BCUT2D eigenvalue weighted by atomic mass is 10.2. The van der Waals surface area contributed by atoms with E-state index >= 15 is 0 Å². The van der Waals surface area contributed by atoms with Crippen LogP contribution in [0.15, 0.2) is 77.7 Å². The van der Waals surface area contributed by atoms with E-state index < -0.39 is 10.0 Å². The molecular weight excluding hydrogens is 492 g/mol. The average molecular weight is 519 g/mol. The van der Waals surface area contributed by atoms with Gasteiger partial charge in [0.25, 0.3) is 10.0 Å². The van der Waals surface area contributed by atoms with Crippen LogP contribution in [0.5, 0.6) is 5.75 Å². The highest BCUT2D eigenvalue weighted by Gasteiger charge is 2.27. The average Bonchev–Trinajstić information content (AvgIpc) is 2.84. The Kier molecular flexibility index (Phi) is 9.27. The maximum Gasteiger partial charge on any atom is 0.264 e. The Morgan fingerprint density at radius 2 is 1.65 bits per heavy atom. The number of hydrogen-bond acceptors (Lipinski definition) is 5. The second-order valence-corrected chi connectivity index (χ2v) is 11.0. The highest BCUT2D eigenvalue weighted by atomic mass is 35.5. The summed E-state index contributed by atoms with van der Waals surface area (Å²) in [5, 5.41) is 3.52. The van der Waals surface area contributed by atoms with Gasteiger partial charge in [0.05, 0.1) is 17.7 Å². The van der Waals surface area contributed by atoms with Gasteiger partial charge in [-0.1, -0.05) is 41.4 Å². The summed E-state index contributed by atoms with van der Waals surface area (Å²) in [5.74, 6) is 1.68. The van der Waals surface area contributed by atoms with Crippen molar-refractivity contribution in [3.63, 3.8) is 0 Å². The number of aryl methyl sites for hydroxylation is 1. The summed E-state index contributed by atoms with van der Waals surface area (Å²) in [5.41, 5.74) is 2.57. The largest absolute Gasteiger partial charge is 0.497 e. The Morgan fingerprint density at radius 3 is 2.26 bits per heavy atom. The van der Waals surface area contributed by atoms with E-state index in [1.807, 2.05) is 43.3 Å². The molecule has 1 amide bonds. The smallest absolute Gasteiger partial charge is 0.264 e. The van der Waals surface area contributed by atoms with Gasteiger partial charge in [0.2, 0.25) is 5.91 Å². The third-order valence-corrected chi connectivity index (χ3v) is 8.08. The van der Waals surface area contributed by atoms with Gasteiger partial charge in [0.1, 0.15) is 12.3 Å². The first-order valence-corrected chi connectivity index (χ1v) is 13.6. The SMILES string of the molecule is COc1ccc(S(=O)(=O)N(CC(=O)NCCSCc2ccc(Cl)cc2)c2ccc(C)cc2)cc1. The molecule has 1 N–H and O–H groups in total. The first-order chi connectivity index (χ1) is 16.3. The number of anilines is 1. The standard InChI is InChI=1S/C25H27ClN2O4S2/c1-19-3-9-22(10-4-19)28(34(30,31)24-13-11-23(32-2)12-14-24)17-25(29)27-15-16-33-18-20-5-7-21(26)8-6-20/h3-14H,15-18H2,1-2H3,(H,27,29). The second-order valence-electron chi connectivity index (χ2n) is 7.55. The van der Waals surface area contributed by atoms with Crippen LogP contribution in [0, 0.1) is 6.92 Å². The second kappa shape index (κ2) is 12.1. The normalized spacial score (nSPS) is 11.1. The van der Waals surface area contributed by atoms with Crippen LogP contribution in [0.4, 0.5) is 5.69 Å². The molecule has 0 radical (unpaired) electrons. The van der Waals surface area contributed by atoms with Gasteiger partial charge < -0.3 is 10.1 Å². The molecule has 3 aromatic rings. The number of carbonyl (C=O) groups excluding carboxylic acids is 1. The molecule has 0 aliphatic rings. The molecule has 34 heavy (non-hydrogen) atoms. The molecule has 0 aliphatic carbocycles. The van der Waals surface area contributed by atoms with Crippen molar-refractivity contribution in [3.8, 4) is 5.75 Å². The van der Waals surface area contributed by atoms with Crippen molar-refractivity contribution in [2.45, 2.75) is 17.6 Å². The molecule has 0 aliphatic heterocycles. The number of benzene rings is 3. The van der Waals surface area contributed by atoms with Crippen molar-refractivity contribution in [2.75, 3.05) is 30.3 Å². The van der Waals surface area contributed by atoms with Crippen LogP contribution in [0.3, 0.4) is 0 Å². The van der Waals surface area contributed by atoms with Crippen molar-refractivity contribution in [1.29, 1.82) is 0 Å². The van der Waals surface area contributed by atoms with E-state index in [4.69, 9.17) is 16.3 Å². The van der Waals surface area contributed by atoms with Gasteiger partial charge in [-0.2, -0.15) is 11.8 Å². The molecule has 0 aromatic heterocycles. The Balaban J connectivity index is 1.64. The molecule has 0 atom stereocenters. The number of halogens is 1. The lowest BCUT2D eigenvalue weighted by Crippen LogP contribution is -2.41. The zero-order valence-corrected chi connectivity index (χ0v) is 21.4. The van der Waals surface area contributed by atoms with E-state index in [-0.39, 0.29) is 17.3 Å². The van der Waals surface area contributed by atoms with Crippen molar-refractivity contribution in [2.24, 2.45) is 0 Å². The summed E-state index contributed by atoms with van der Waals surface area (Å²) in [6.45, 7) is 2.03. The summed E-state index contributed by atoms with van der Waals surface area (Å²) >= 11 is 7.58. The van der Waals surface area contributed by atoms with Crippen LogP contribution in [-0.4, -0.2) is 40.3 Å². The number of amides is 1. The van der Waals surface area contributed by atoms with Crippen LogP contribution in [0.1, 0.15) is 11.1 Å². The molecule has 6 nitrogen and oxygen atoms in total. The minimum atomic E-state index is -3.96. The van der Waals surface area contributed by atoms with E-state index in [2.05, 4.69) is 5.32 Å². The van der Waals surface area contributed by atoms with Gasteiger partial charge in [-0.25, -0.2) is 8.42 Å². The van der Waals surface area contributed by atoms with E-state index in [1.165, 1.54) is 19.2 Å². The highest BCUT2D eigenvalue weighted by Crippen LogP contribution is 2.25. The molecule has 0 saturated heterocycles. The Morgan fingerprint density at radius 1 is 1.00 bits per heavy atom. The zero-order chi connectivity index (χ0) is 24.6. The number of nitrogens with one attached hydrogen (secondary N) is 1. The van der Waals surface area contributed by atoms with Crippen LogP contribution in [0.2, 0.25) is 5.02 Å². The Hall–Kier alpha value is -2.68. The van der Waals surface area contributed by atoms with Crippen LogP contribution >= 0.6 is 23.4 Å². The third kappa shape index (κ3) is 7.16. The predicted molar refractivity (Wildman–Crippen MR) is 139 cm³/mol. The Labute approximate surface area is 210 Å². The molecule has 0 fully saturated rings. The minimum Gasteiger partial charge on any atom is -0.497 e. The van der Waals surface area contributed by atoms with E-state index in [9.17, 15) is 13.2 Å². The maximum absolute atomic E-state index is 13.4. The number of nitrogens with zero attached hydrogens (tertiary/aromatic N) is 1. The summed E-state index contributed by atoms with van der Waals surface area (Å²) in [7, 11) is -2.45. The minimum absolute atomic E-state index is 0.0835. The molecule has 0 heterocycles. The highest BCUT2D eigenvalue weighted by molar-refractivity contribution is 7.98. The molecule has 180 valence electrons. The Bertz CT molecular complexity index is 1180. The van der Waals surface area contributed by atoms with Gasteiger partial charge >= 0.3 is 0 Å². The topological polar surface area (TPSA) is 75.7 Å². The fourth-order valence-electron chi connectivity index (χ4n) is 3.12. The van der Waals surface area contributed by atoms with Gasteiger partial charge in [-0.15, -0.1) is 0 Å². The molecule has 0 saturated carbocycles. The molecule has 3 rings (SSSR count). The van der Waals surface area contributed by atoms with E-state index in [0.717, 1.165) is 21.2 Å². The number of hydrogen-bond donors (Lipinski definition) is 1. The molecule has 3 aromatic carbocycles. The number of methoxy groups -OCH3 is 1. The fraction of sp³-hybridized carbons (Fsp3) is 0.240. The van der Waals surface area contributed by atoms with Crippen molar-refractivity contribution in [3.05, 3.63) is 88.9 Å². The van der Waals surface area contributed by atoms with Gasteiger partial charge in [-0.05, 0) is 61.0 Å². The van der Waals surface area contributed by atoms with Gasteiger partial charge in [-0.3, -0.25) is 9.10 Å². The lowest BCUT2D eigenvalue weighted by Gasteiger charge is -2.24. The molecular formula is C25H27ClN2O4S2. The summed E-state index contributed by atoms with van der Waals surface area (Å²) in [6, 6.07) is 20.8. The van der Waals surface area contributed by atoms with E-state index in [1.54, 1.807) is 36.0 Å². The number of sulfonamides is 1. The molecule has 0 spiro atoms. The lowest BCUT2D eigenvalue weighted by molar-refractivity contribution is -0.119. The number of ether oxygens (including phenoxy) is 1. The molecule has 0 bridgehead atoms. The quantitative estimate of drug-likeness (QED) is 0.365. The van der Waals surface area contributed by atoms with Gasteiger partial charge in [0.15, 0.2) is 0 Å². The van der Waals surface area contributed by atoms with Gasteiger partial charge in [0, 0.05) is 23.1 Å². The summed E-state index contributed by atoms with van der Waals surface area (Å²) < 4.78 is 33.1. The third-order valence-electron chi connectivity index (χ3n) is 5.01. The van der Waals surface area contributed by atoms with Crippen molar-refractivity contribution < 1.29 is 17.9 Å². The predicted octanol–water partition coefficient (Wildman–Crippen LogP) is 4.90. The number of thioether (sulfide) groups is 1. The summed E-state index contributed by atoms with van der Waals surface area (Å²) in [4.78, 5) is 12.8.